The molecule has 2 aromatic carbocycles. The predicted molar refractivity (Wildman–Crippen MR) is 154 cm³/mol. The molecule has 0 bridgehead atoms. The second-order valence-electron chi connectivity index (χ2n) is 10.9. The van der Waals surface area contributed by atoms with E-state index in [-0.39, 0.29) is 23.7 Å². The first-order valence-electron chi connectivity index (χ1n) is 13.2. The van der Waals surface area contributed by atoms with E-state index >= 15 is 4.39 Å². The largest absolute Gasteiger partial charge is 0.357 e. The van der Waals surface area contributed by atoms with Crippen molar-refractivity contribution in [2.45, 2.75) is 45.4 Å². The van der Waals surface area contributed by atoms with Crippen LogP contribution in [0.5, 0.6) is 0 Å². The number of aromatic nitrogens is 2. The Morgan fingerprint density at radius 2 is 1.95 bits per heavy atom. The van der Waals surface area contributed by atoms with Crippen molar-refractivity contribution in [2.75, 3.05) is 29.1 Å². The summed E-state index contributed by atoms with van der Waals surface area (Å²) in [6.45, 7) is 6.60. The van der Waals surface area contributed by atoms with Crippen LogP contribution in [0.15, 0.2) is 66.1 Å². The molecule has 7 nitrogen and oxygen atoms in total. The Kier molecular flexibility index (Phi) is 7.79. The summed E-state index contributed by atoms with van der Waals surface area (Å²) in [4.78, 5) is 36.2. The fourth-order valence-corrected chi connectivity index (χ4v) is 6.30. The molecule has 0 radical (unpaired) electrons. The third-order valence-corrected chi connectivity index (χ3v) is 8.23. The number of H-pyrrole nitrogens is 1. The molecule has 1 aliphatic heterocycles. The van der Waals surface area contributed by atoms with Gasteiger partial charge in [-0.2, -0.15) is 11.8 Å². The highest BCUT2D eigenvalue weighted by atomic mass is 32.2. The molecule has 3 aromatic rings. The number of allylic oxidation sites excluding steroid dienone is 1. The summed E-state index contributed by atoms with van der Waals surface area (Å²) in [5.74, 6) is 0.888. The van der Waals surface area contributed by atoms with E-state index in [0.717, 1.165) is 40.0 Å². The number of thioether (sulfide) groups is 1. The van der Waals surface area contributed by atoms with Gasteiger partial charge in [0.25, 0.3) is 0 Å². The van der Waals surface area contributed by atoms with Gasteiger partial charge in [-0.15, -0.1) is 0 Å². The van der Waals surface area contributed by atoms with E-state index in [4.69, 9.17) is 0 Å². The van der Waals surface area contributed by atoms with Crippen molar-refractivity contribution in [3.05, 3.63) is 88.9 Å². The van der Waals surface area contributed by atoms with Gasteiger partial charge in [-0.3, -0.25) is 9.59 Å². The van der Waals surface area contributed by atoms with Gasteiger partial charge in [-0.05, 0) is 37.0 Å². The molecule has 2 aliphatic rings. The number of rotatable bonds is 8. The minimum Gasteiger partial charge on any atom is -0.357 e. The van der Waals surface area contributed by atoms with Gasteiger partial charge in [0.15, 0.2) is 5.78 Å². The van der Waals surface area contributed by atoms with Gasteiger partial charge in [0.1, 0.15) is 5.82 Å². The summed E-state index contributed by atoms with van der Waals surface area (Å²) >= 11 is 1.70. The van der Waals surface area contributed by atoms with E-state index < -0.39 is 11.9 Å². The lowest BCUT2D eigenvalue weighted by Crippen LogP contribution is -2.42. The number of fused-ring (bicyclic) bond motifs is 1. The SMILES string of the molecule is Cc1[nH]cnc1CSCCNC(=O)CN1c2ccccc2NC2=C(C(=O)CC(C)(C)C2)C1c1ccccc1F. The maximum absolute atomic E-state index is 15.4. The van der Waals surface area contributed by atoms with Gasteiger partial charge < -0.3 is 20.5 Å². The molecule has 0 saturated carbocycles. The lowest BCUT2D eigenvalue weighted by atomic mass is 9.73. The number of carbonyl (C=O) groups is 2. The van der Waals surface area contributed by atoms with Gasteiger partial charge >= 0.3 is 0 Å². The number of aromatic amines is 1. The Balaban J connectivity index is 1.43. The highest BCUT2D eigenvalue weighted by Crippen LogP contribution is 2.48. The quantitative estimate of drug-likeness (QED) is 0.322. The van der Waals surface area contributed by atoms with E-state index in [2.05, 4.69) is 34.4 Å². The van der Waals surface area contributed by atoms with Crippen LogP contribution in [-0.2, 0) is 15.3 Å². The smallest absolute Gasteiger partial charge is 0.239 e. The zero-order valence-corrected chi connectivity index (χ0v) is 23.3. The minimum absolute atomic E-state index is 0.0196. The highest BCUT2D eigenvalue weighted by Gasteiger charge is 2.42. The third kappa shape index (κ3) is 5.88. The van der Waals surface area contributed by atoms with Gasteiger partial charge in [0.05, 0.1) is 36.0 Å². The molecule has 1 atom stereocenters. The summed E-state index contributed by atoms with van der Waals surface area (Å²) in [6.07, 6.45) is 2.70. The second-order valence-corrected chi connectivity index (χ2v) is 12.0. The lowest BCUT2D eigenvalue weighted by molar-refractivity contribution is -0.120. The molecule has 2 heterocycles. The number of ketones is 1. The van der Waals surface area contributed by atoms with E-state index in [0.29, 0.717) is 30.5 Å². The fourth-order valence-electron chi connectivity index (χ4n) is 5.42. The number of benzene rings is 2. The number of hydrogen-bond donors (Lipinski definition) is 3. The Hall–Kier alpha value is -3.59. The van der Waals surface area contributed by atoms with Crippen molar-refractivity contribution in [1.82, 2.24) is 15.3 Å². The first-order chi connectivity index (χ1) is 18.7. The van der Waals surface area contributed by atoms with E-state index in [9.17, 15) is 9.59 Å². The van der Waals surface area contributed by atoms with Crippen LogP contribution in [0.3, 0.4) is 0 Å². The summed E-state index contributed by atoms with van der Waals surface area (Å²) in [6, 6.07) is 13.5. The third-order valence-electron chi connectivity index (χ3n) is 7.26. The van der Waals surface area contributed by atoms with Crippen LogP contribution >= 0.6 is 11.8 Å². The minimum atomic E-state index is -0.733. The number of para-hydroxylation sites is 2. The summed E-state index contributed by atoms with van der Waals surface area (Å²) in [7, 11) is 0. The topological polar surface area (TPSA) is 90.1 Å². The average molecular weight is 548 g/mol. The van der Waals surface area contributed by atoms with Crippen molar-refractivity contribution in [3.8, 4) is 0 Å². The van der Waals surface area contributed by atoms with Crippen LogP contribution in [0, 0.1) is 18.2 Å². The number of hydrogen-bond acceptors (Lipinski definition) is 6. The van der Waals surface area contributed by atoms with Crippen LogP contribution in [-0.4, -0.2) is 40.5 Å². The number of Topliss-reactive ketones (excluding diaryl/α,β-unsaturated/α-hetero) is 1. The van der Waals surface area contributed by atoms with Crippen LogP contribution < -0.4 is 15.5 Å². The molecule has 0 saturated heterocycles. The molecule has 39 heavy (non-hydrogen) atoms. The lowest BCUT2D eigenvalue weighted by Gasteiger charge is -2.38. The molecule has 1 aromatic heterocycles. The molecule has 1 aliphatic carbocycles. The highest BCUT2D eigenvalue weighted by molar-refractivity contribution is 7.98. The van der Waals surface area contributed by atoms with Crippen molar-refractivity contribution in [2.24, 2.45) is 5.41 Å². The molecule has 0 fully saturated rings. The monoisotopic (exact) mass is 547 g/mol. The number of imidazole rings is 1. The van der Waals surface area contributed by atoms with Gasteiger partial charge in [0.2, 0.25) is 5.91 Å². The van der Waals surface area contributed by atoms with E-state index in [1.807, 2.05) is 36.1 Å². The molecular weight excluding hydrogens is 513 g/mol. The van der Waals surface area contributed by atoms with Crippen LogP contribution in [0.2, 0.25) is 0 Å². The Morgan fingerprint density at radius 3 is 2.72 bits per heavy atom. The normalized spacial score (nSPS) is 18.2. The molecule has 0 spiro atoms. The van der Waals surface area contributed by atoms with E-state index in [1.165, 1.54) is 6.07 Å². The van der Waals surface area contributed by atoms with Gasteiger partial charge in [0, 0.05) is 47.0 Å². The van der Waals surface area contributed by atoms with Crippen LogP contribution in [0.1, 0.15) is 49.7 Å². The fraction of sp³-hybridized carbons (Fsp3) is 0.367. The number of anilines is 2. The first-order valence-corrected chi connectivity index (χ1v) is 14.4. The summed E-state index contributed by atoms with van der Waals surface area (Å²) in [5.41, 5.74) is 5.10. The average Bonchev–Trinajstić information content (AvgIpc) is 3.24. The maximum Gasteiger partial charge on any atom is 0.239 e. The summed E-state index contributed by atoms with van der Waals surface area (Å²) < 4.78 is 15.4. The van der Waals surface area contributed by atoms with Gasteiger partial charge in [-0.1, -0.05) is 44.2 Å². The van der Waals surface area contributed by atoms with Crippen molar-refractivity contribution in [1.29, 1.82) is 0 Å². The molecule has 1 unspecified atom stereocenters. The number of aryl methyl sites for hydroxylation is 1. The number of amides is 1. The number of carbonyl (C=O) groups excluding carboxylic acids is 2. The van der Waals surface area contributed by atoms with Crippen molar-refractivity contribution < 1.29 is 14.0 Å². The van der Waals surface area contributed by atoms with Crippen molar-refractivity contribution >= 4 is 34.8 Å². The second kappa shape index (κ2) is 11.3. The molecular formula is C30H34FN5O2S. The van der Waals surface area contributed by atoms with Crippen LogP contribution in [0.4, 0.5) is 15.8 Å². The number of halogens is 1. The summed E-state index contributed by atoms with van der Waals surface area (Å²) in [5, 5.41) is 6.51. The molecule has 1 amide bonds. The molecule has 3 N–H and O–H groups in total. The predicted octanol–water partition coefficient (Wildman–Crippen LogP) is 5.52. The maximum atomic E-state index is 15.4. The zero-order chi connectivity index (χ0) is 27.6. The standard InChI is InChI=1S/C30H34FN5O2S/c1-19-24(34-18-33-19)17-39-13-12-32-27(38)16-36-25-11-7-6-10-22(25)35-23-14-30(2,3)15-26(37)28(23)29(36)20-8-4-5-9-21(20)31/h4-11,18,29,35H,12-17H2,1-3H3,(H,32,38)(H,33,34). The molecule has 204 valence electrons. The Morgan fingerprint density at radius 1 is 1.18 bits per heavy atom. The van der Waals surface area contributed by atoms with Gasteiger partial charge in [-0.25, -0.2) is 9.37 Å². The Bertz CT molecular complexity index is 1420. The first kappa shape index (κ1) is 27.0. The van der Waals surface area contributed by atoms with Crippen LogP contribution in [0.25, 0.3) is 0 Å². The number of nitrogens with zero attached hydrogens (tertiary/aromatic N) is 2. The van der Waals surface area contributed by atoms with E-state index in [1.54, 1.807) is 36.3 Å². The Labute approximate surface area is 232 Å². The van der Waals surface area contributed by atoms with Crippen molar-refractivity contribution in [3.63, 3.8) is 0 Å². The molecule has 5 rings (SSSR count). The zero-order valence-electron chi connectivity index (χ0n) is 22.5. The number of nitrogens with one attached hydrogen (secondary N) is 3. The molecule has 9 heteroatoms.